The molecule has 6 heteroatoms. The van der Waals surface area contributed by atoms with Crippen LogP contribution in [-0.4, -0.2) is 21.9 Å². The maximum Gasteiger partial charge on any atom is 0.264 e. The van der Waals surface area contributed by atoms with Gasteiger partial charge >= 0.3 is 0 Å². The summed E-state index contributed by atoms with van der Waals surface area (Å²) in [5.41, 5.74) is -0.892. The molecule has 2 heterocycles. The molecule has 3 N–H and O–H groups in total. The van der Waals surface area contributed by atoms with Crippen molar-refractivity contribution in [2.45, 2.75) is 0 Å². The molecule has 0 radical (unpaired) electrons. The van der Waals surface area contributed by atoms with E-state index in [4.69, 9.17) is 5.11 Å². The molecule has 0 spiro atoms. The molecule has 1 aromatic rings. The molecule has 0 aromatic carbocycles. The smallest absolute Gasteiger partial charge is 0.264 e. The van der Waals surface area contributed by atoms with Crippen molar-refractivity contribution in [2.24, 2.45) is 0 Å². The maximum absolute atomic E-state index is 11.0. The minimum atomic E-state index is -0.700. The molecular weight excluding hydrogens is 176 g/mol. The number of pyridine rings is 1. The molecule has 1 aliphatic heterocycles. The largest absolute Gasteiger partial charge is 0.494 e. The quantitative estimate of drug-likeness (QED) is 0.444. The van der Waals surface area contributed by atoms with Gasteiger partial charge in [0.15, 0.2) is 0 Å². The van der Waals surface area contributed by atoms with Crippen molar-refractivity contribution in [2.75, 3.05) is 0 Å². The van der Waals surface area contributed by atoms with Crippen LogP contribution in [0.5, 0.6) is 5.88 Å². The van der Waals surface area contributed by atoms with Gasteiger partial charge in [-0.2, -0.15) is 0 Å². The summed E-state index contributed by atoms with van der Waals surface area (Å²) in [6.45, 7) is 0. The summed E-state index contributed by atoms with van der Waals surface area (Å²) < 4.78 is 0. The van der Waals surface area contributed by atoms with E-state index in [-0.39, 0.29) is 11.1 Å². The summed E-state index contributed by atoms with van der Waals surface area (Å²) in [7, 11) is 0. The average Bonchev–Trinajstić information content (AvgIpc) is 2.27. The third-order valence-corrected chi connectivity index (χ3v) is 1.72. The maximum atomic E-state index is 11.0. The number of H-pyrrole nitrogens is 1. The molecule has 0 unspecified atom stereocenters. The minimum Gasteiger partial charge on any atom is -0.494 e. The van der Waals surface area contributed by atoms with Gasteiger partial charge in [0, 0.05) is 6.07 Å². The molecular formula is C7H4N2O4. The first kappa shape index (κ1) is 7.53. The molecule has 0 aliphatic carbocycles. The van der Waals surface area contributed by atoms with E-state index in [1.165, 1.54) is 0 Å². The number of aromatic nitrogens is 1. The number of nitrogens with one attached hydrogen (secondary N) is 2. The summed E-state index contributed by atoms with van der Waals surface area (Å²) in [4.78, 5) is 34.8. The van der Waals surface area contributed by atoms with Gasteiger partial charge in [0.05, 0.1) is 5.56 Å². The van der Waals surface area contributed by atoms with Crippen LogP contribution in [0.1, 0.15) is 20.7 Å². The molecule has 1 aromatic heterocycles. The first-order valence-electron chi connectivity index (χ1n) is 3.41. The molecule has 0 saturated carbocycles. The number of aromatic amines is 1. The lowest BCUT2D eigenvalue weighted by Crippen LogP contribution is -2.20. The lowest BCUT2D eigenvalue weighted by molar-refractivity contribution is 0.0879. The van der Waals surface area contributed by atoms with E-state index < -0.39 is 23.3 Å². The Hall–Kier alpha value is -2.11. The number of imide groups is 1. The van der Waals surface area contributed by atoms with Crippen molar-refractivity contribution < 1.29 is 14.7 Å². The molecule has 13 heavy (non-hydrogen) atoms. The van der Waals surface area contributed by atoms with Gasteiger partial charge in [-0.3, -0.25) is 24.7 Å². The molecule has 0 fully saturated rings. The van der Waals surface area contributed by atoms with Gasteiger partial charge in [-0.25, -0.2) is 0 Å². The van der Waals surface area contributed by atoms with E-state index in [1.54, 1.807) is 0 Å². The number of amides is 2. The van der Waals surface area contributed by atoms with E-state index >= 15 is 0 Å². The van der Waals surface area contributed by atoms with Crippen LogP contribution in [-0.2, 0) is 0 Å². The zero-order valence-corrected chi connectivity index (χ0v) is 6.25. The fraction of sp³-hybridized carbons (Fsp3) is 0. The SMILES string of the molecule is O=C1NC(=O)c2c1cc(=O)[nH]c2O. The van der Waals surface area contributed by atoms with Crippen molar-refractivity contribution in [1.29, 1.82) is 0 Å². The van der Waals surface area contributed by atoms with Crippen LogP contribution in [0.25, 0.3) is 0 Å². The standard InChI is InChI=1S/C7H4N2O4/c10-3-1-2-4(6(12)8-3)7(13)9-5(2)11/h1H,(H2,8,10,12)(H,9,11,13). The lowest BCUT2D eigenvalue weighted by Gasteiger charge is -1.95. The Balaban J connectivity index is 2.84. The predicted octanol–water partition coefficient (Wildman–Crippen LogP) is -1.04. The predicted molar refractivity (Wildman–Crippen MR) is 40.5 cm³/mol. The summed E-state index contributed by atoms with van der Waals surface area (Å²) in [6.07, 6.45) is 0. The van der Waals surface area contributed by atoms with E-state index in [2.05, 4.69) is 0 Å². The van der Waals surface area contributed by atoms with Crippen LogP contribution < -0.4 is 10.9 Å². The van der Waals surface area contributed by atoms with Gasteiger partial charge in [0.25, 0.3) is 17.4 Å². The molecule has 2 rings (SSSR count). The number of aromatic hydroxyl groups is 1. The summed E-state index contributed by atoms with van der Waals surface area (Å²) >= 11 is 0. The van der Waals surface area contributed by atoms with Gasteiger partial charge in [0.2, 0.25) is 5.88 Å². The van der Waals surface area contributed by atoms with Crippen molar-refractivity contribution in [3.8, 4) is 5.88 Å². The molecule has 0 atom stereocenters. The van der Waals surface area contributed by atoms with Crippen molar-refractivity contribution in [3.63, 3.8) is 0 Å². The number of carbonyl (C=O) groups is 2. The Morgan fingerprint density at radius 1 is 1.15 bits per heavy atom. The van der Waals surface area contributed by atoms with Gasteiger partial charge in [0.1, 0.15) is 5.56 Å². The van der Waals surface area contributed by atoms with E-state index in [0.29, 0.717) is 0 Å². The van der Waals surface area contributed by atoms with Gasteiger partial charge in [-0.15, -0.1) is 0 Å². The first-order valence-corrected chi connectivity index (χ1v) is 3.41. The zero-order valence-electron chi connectivity index (χ0n) is 6.25. The van der Waals surface area contributed by atoms with Gasteiger partial charge in [-0.1, -0.05) is 0 Å². The van der Waals surface area contributed by atoms with Crippen LogP contribution in [0, 0.1) is 0 Å². The highest BCUT2D eigenvalue weighted by molar-refractivity contribution is 6.22. The molecule has 0 saturated heterocycles. The first-order chi connectivity index (χ1) is 6.09. The number of hydrogen-bond acceptors (Lipinski definition) is 4. The Morgan fingerprint density at radius 2 is 1.85 bits per heavy atom. The molecule has 0 bridgehead atoms. The topological polar surface area (TPSA) is 99.3 Å². The van der Waals surface area contributed by atoms with Crippen molar-refractivity contribution in [3.05, 3.63) is 27.5 Å². The zero-order chi connectivity index (χ0) is 9.59. The summed E-state index contributed by atoms with van der Waals surface area (Å²) in [5, 5.41) is 11.1. The Bertz CT molecular complexity index is 474. The highest BCUT2D eigenvalue weighted by atomic mass is 16.3. The number of carbonyl (C=O) groups excluding carboxylic acids is 2. The van der Waals surface area contributed by atoms with E-state index in [9.17, 15) is 14.4 Å². The number of rotatable bonds is 0. The minimum absolute atomic E-state index is 0.0914. The summed E-state index contributed by atoms with van der Waals surface area (Å²) in [6, 6.07) is 0.968. The van der Waals surface area contributed by atoms with E-state index in [1.807, 2.05) is 10.3 Å². The third kappa shape index (κ3) is 0.919. The summed E-state index contributed by atoms with van der Waals surface area (Å²) in [5.74, 6) is -1.94. The third-order valence-electron chi connectivity index (χ3n) is 1.72. The van der Waals surface area contributed by atoms with Crippen LogP contribution in [0.15, 0.2) is 10.9 Å². The molecule has 66 valence electrons. The average molecular weight is 180 g/mol. The van der Waals surface area contributed by atoms with Crippen molar-refractivity contribution >= 4 is 11.8 Å². The second-order valence-corrected chi connectivity index (χ2v) is 2.55. The number of hydrogen-bond donors (Lipinski definition) is 3. The molecule has 1 aliphatic rings. The molecule has 6 nitrogen and oxygen atoms in total. The van der Waals surface area contributed by atoms with E-state index in [0.717, 1.165) is 6.07 Å². The highest BCUT2D eigenvalue weighted by Gasteiger charge is 2.30. The Labute approximate surface area is 71.2 Å². The normalized spacial score (nSPS) is 14.2. The van der Waals surface area contributed by atoms with Crippen LogP contribution >= 0.6 is 0 Å². The van der Waals surface area contributed by atoms with Gasteiger partial charge < -0.3 is 5.11 Å². The Morgan fingerprint density at radius 3 is 2.54 bits per heavy atom. The fourth-order valence-electron chi connectivity index (χ4n) is 1.19. The van der Waals surface area contributed by atoms with Crippen molar-refractivity contribution in [1.82, 2.24) is 10.3 Å². The monoisotopic (exact) mass is 180 g/mol. The van der Waals surface area contributed by atoms with Crippen LogP contribution in [0.2, 0.25) is 0 Å². The molecule has 2 amide bonds. The second-order valence-electron chi connectivity index (χ2n) is 2.55. The highest BCUT2D eigenvalue weighted by Crippen LogP contribution is 2.20. The second kappa shape index (κ2) is 2.19. The van der Waals surface area contributed by atoms with Gasteiger partial charge in [-0.05, 0) is 0 Å². The lowest BCUT2D eigenvalue weighted by atomic mass is 10.2. The number of fused-ring (bicyclic) bond motifs is 1. The Kier molecular flexibility index (Phi) is 1.27. The van der Waals surface area contributed by atoms with Crippen LogP contribution in [0.4, 0.5) is 0 Å². The fourth-order valence-corrected chi connectivity index (χ4v) is 1.19. The van der Waals surface area contributed by atoms with Crippen LogP contribution in [0.3, 0.4) is 0 Å².